The molecule has 0 aliphatic heterocycles. The van der Waals surface area contributed by atoms with Crippen LogP contribution in [0.3, 0.4) is 0 Å². The zero-order valence-electron chi connectivity index (χ0n) is 21.0. The number of para-hydroxylation sites is 1. The Morgan fingerprint density at radius 2 is 1.59 bits per heavy atom. The number of methoxy groups -OCH3 is 2. The van der Waals surface area contributed by atoms with Crippen LogP contribution in [0.2, 0.25) is 0 Å². The average Bonchev–Trinajstić information content (AvgIpc) is 2.91. The lowest BCUT2D eigenvalue weighted by atomic mass is 10.1. The van der Waals surface area contributed by atoms with Gasteiger partial charge in [0.05, 0.1) is 20.8 Å². The van der Waals surface area contributed by atoms with Crippen LogP contribution in [0.15, 0.2) is 66.7 Å². The predicted molar refractivity (Wildman–Crippen MR) is 138 cm³/mol. The smallest absolute Gasteiger partial charge is 0.493 e. The summed E-state index contributed by atoms with van der Waals surface area (Å²) in [5.74, 6) is 1.06. The maximum atomic E-state index is 12.6. The molecule has 3 aromatic carbocycles. The largest absolute Gasteiger partial charge is 0.513 e. The summed E-state index contributed by atoms with van der Waals surface area (Å²) >= 11 is 0. The Kier molecular flexibility index (Phi) is 9.90. The minimum atomic E-state index is -0.804. The summed E-state index contributed by atoms with van der Waals surface area (Å²) in [5.41, 5.74) is 2.73. The number of amides is 2. The molecule has 0 bridgehead atoms. The van der Waals surface area contributed by atoms with Crippen LogP contribution in [0.1, 0.15) is 34.8 Å². The molecule has 0 heterocycles. The molecular formula is C28H30N2O7. The van der Waals surface area contributed by atoms with Crippen molar-refractivity contribution in [3.05, 3.63) is 83.4 Å². The molecule has 2 N–H and O–H groups in total. The molecule has 0 aromatic heterocycles. The summed E-state index contributed by atoms with van der Waals surface area (Å²) in [7, 11) is 3.14. The van der Waals surface area contributed by atoms with Gasteiger partial charge in [-0.25, -0.2) is 4.79 Å². The van der Waals surface area contributed by atoms with Gasteiger partial charge in [-0.2, -0.15) is 0 Å². The van der Waals surface area contributed by atoms with Gasteiger partial charge in [0.2, 0.25) is 5.91 Å². The number of carbonyl (C=O) groups excluding carboxylic acids is 3. The van der Waals surface area contributed by atoms with Crippen molar-refractivity contribution >= 4 is 23.7 Å². The van der Waals surface area contributed by atoms with Crippen molar-refractivity contribution in [3.63, 3.8) is 0 Å². The third-order valence-electron chi connectivity index (χ3n) is 5.40. The second-order valence-corrected chi connectivity index (χ2v) is 7.89. The first-order valence-electron chi connectivity index (χ1n) is 11.7. The minimum absolute atomic E-state index is 0.147. The summed E-state index contributed by atoms with van der Waals surface area (Å²) in [5, 5.41) is 5.77. The van der Waals surface area contributed by atoms with Gasteiger partial charge in [0, 0.05) is 24.2 Å². The molecule has 9 heteroatoms. The average molecular weight is 507 g/mol. The predicted octanol–water partition coefficient (Wildman–Crippen LogP) is 4.74. The zero-order chi connectivity index (χ0) is 26.6. The molecule has 9 nitrogen and oxygen atoms in total. The highest BCUT2D eigenvalue weighted by Crippen LogP contribution is 2.28. The van der Waals surface area contributed by atoms with E-state index in [0.717, 1.165) is 11.1 Å². The molecule has 37 heavy (non-hydrogen) atoms. The number of aryl methyl sites for hydroxylation is 1. The van der Waals surface area contributed by atoms with E-state index in [1.54, 1.807) is 39.3 Å². The number of hydrogen-bond acceptors (Lipinski definition) is 7. The van der Waals surface area contributed by atoms with Gasteiger partial charge in [-0.05, 0) is 66.9 Å². The van der Waals surface area contributed by atoms with Crippen LogP contribution in [-0.4, -0.2) is 38.8 Å². The topological polar surface area (TPSA) is 112 Å². The van der Waals surface area contributed by atoms with Crippen molar-refractivity contribution in [3.8, 4) is 17.2 Å². The van der Waals surface area contributed by atoms with E-state index in [1.807, 2.05) is 36.4 Å². The van der Waals surface area contributed by atoms with E-state index in [1.165, 1.54) is 12.1 Å². The van der Waals surface area contributed by atoms with Crippen LogP contribution in [0.4, 0.5) is 10.5 Å². The van der Waals surface area contributed by atoms with Gasteiger partial charge in [0.15, 0.2) is 11.5 Å². The fourth-order valence-corrected chi connectivity index (χ4v) is 3.50. The molecule has 0 saturated carbocycles. The van der Waals surface area contributed by atoms with Gasteiger partial charge in [-0.3, -0.25) is 9.59 Å². The number of anilines is 1. The summed E-state index contributed by atoms with van der Waals surface area (Å²) in [6.07, 6.45) is -0.000690. The highest BCUT2D eigenvalue weighted by Gasteiger charge is 2.12. The minimum Gasteiger partial charge on any atom is -0.493 e. The van der Waals surface area contributed by atoms with Crippen LogP contribution in [0.5, 0.6) is 17.2 Å². The second-order valence-electron chi connectivity index (χ2n) is 7.89. The third-order valence-corrected chi connectivity index (χ3v) is 5.40. The molecule has 0 unspecified atom stereocenters. The highest BCUT2D eigenvalue weighted by atomic mass is 16.7. The third kappa shape index (κ3) is 7.99. The first kappa shape index (κ1) is 27.1. The number of carbonyl (C=O) groups is 3. The van der Waals surface area contributed by atoms with Crippen molar-refractivity contribution in [2.75, 3.05) is 26.1 Å². The fourth-order valence-electron chi connectivity index (χ4n) is 3.50. The molecule has 3 aromatic rings. The van der Waals surface area contributed by atoms with E-state index in [4.69, 9.17) is 18.9 Å². The molecule has 0 radical (unpaired) electrons. The lowest BCUT2D eigenvalue weighted by molar-refractivity contribution is -0.116. The Hall–Kier alpha value is -4.53. The lowest BCUT2D eigenvalue weighted by Crippen LogP contribution is -2.24. The first-order valence-corrected chi connectivity index (χ1v) is 11.7. The molecule has 2 amide bonds. The molecule has 0 spiro atoms. The Labute approximate surface area is 215 Å². The van der Waals surface area contributed by atoms with E-state index in [9.17, 15) is 14.4 Å². The Morgan fingerprint density at radius 3 is 2.30 bits per heavy atom. The van der Waals surface area contributed by atoms with Gasteiger partial charge in [-0.15, -0.1) is 0 Å². The molecule has 3 rings (SSSR count). The Bertz CT molecular complexity index is 1230. The van der Waals surface area contributed by atoms with Gasteiger partial charge in [0.25, 0.3) is 5.91 Å². The van der Waals surface area contributed by atoms with Crippen LogP contribution in [0.25, 0.3) is 0 Å². The van der Waals surface area contributed by atoms with E-state index in [0.29, 0.717) is 29.2 Å². The van der Waals surface area contributed by atoms with Crippen LogP contribution < -0.4 is 24.8 Å². The number of nitrogens with one attached hydrogen (secondary N) is 2. The summed E-state index contributed by atoms with van der Waals surface area (Å²) in [6, 6.07) is 19.0. The molecule has 194 valence electrons. The number of hydrogen-bond donors (Lipinski definition) is 2. The van der Waals surface area contributed by atoms with Crippen LogP contribution in [-0.2, 0) is 22.5 Å². The van der Waals surface area contributed by atoms with E-state index in [2.05, 4.69) is 10.6 Å². The van der Waals surface area contributed by atoms with Crippen molar-refractivity contribution in [2.45, 2.75) is 26.3 Å². The maximum absolute atomic E-state index is 12.6. The summed E-state index contributed by atoms with van der Waals surface area (Å²) < 4.78 is 20.3. The van der Waals surface area contributed by atoms with Crippen LogP contribution in [0, 0.1) is 0 Å². The lowest BCUT2D eigenvalue weighted by Gasteiger charge is -2.13. The maximum Gasteiger partial charge on any atom is 0.513 e. The molecule has 0 aliphatic rings. The number of ether oxygens (including phenoxy) is 4. The van der Waals surface area contributed by atoms with Crippen molar-refractivity contribution in [1.29, 1.82) is 0 Å². The molecular weight excluding hydrogens is 476 g/mol. The first-order chi connectivity index (χ1) is 17.9. The molecule has 0 atom stereocenters. The molecule has 0 fully saturated rings. The van der Waals surface area contributed by atoms with E-state index >= 15 is 0 Å². The normalized spacial score (nSPS) is 10.2. The van der Waals surface area contributed by atoms with E-state index in [-0.39, 0.29) is 37.1 Å². The summed E-state index contributed by atoms with van der Waals surface area (Å²) in [6.45, 7) is 2.10. The second kappa shape index (κ2) is 13.5. The molecule has 0 saturated heterocycles. The quantitative estimate of drug-likeness (QED) is 0.285. The standard InChI is InChI=1S/C28H30N2O7/c1-4-36-28(33)37-22-13-11-20(12-14-22)27(32)29-18-21-7-5-6-8-23(21)30-26(31)16-10-19-9-15-24(34-2)25(17-19)35-3/h5-9,11-15,17H,4,10,16,18H2,1-3H3,(H,29,32)(H,30,31). The zero-order valence-corrected chi connectivity index (χ0v) is 21.0. The van der Waals surface area contributed by atoms with Gasteiger partial charge in [0.1, 0.15) is 5.75 Å². The van der Waals surface area contributed by atoms with Gasteiger partial charge in [-0.1, -0.05) is 24.3 Å². The SMILES string of the molecule is CCOC(=O)Oc1ccc(C(=O)NCc2ccccc2NC(=O)CCc2ccc(OC)c(OC)c2)cc1. The van der Waals surface area contributed by atoms with Crippen LogP contribution >= 0.6 is 0 Å². The van der Waals surface area contributed by atoms with Crippen molar-refractivity contribution in [1.82, 2.24) is 5.32 Å². The van der Waals surface area contributed by atoms with Crippen molar-refractivity contribution < 1.29 is 33.3 Å². The van der Waals surface area contributed by atoms with E-state index < -0.39 is 6.16 Å². The fraction of sp³-hybridized carbons (Fsp3) is 0.250. The highest BCUT2D eigenvalue weighted by molar-refractivity contribution is 5.95. The monoisotopic (exact) mass is 506 g/mol. The molecule has 0 aliphatic carbocycles. The van der Waals surface area contributed by atoms with Gasteiger partial charge < -0.3 is 29.6 Å². The Balaban J connectivity index is 1.54. The van der Waals surface area contributed by atoms with Crippen molar-refractivity contribution in [2.24, 2.45) is 0 Å². The summed E-state index contributed by atoms with van der Waals surface area (Å²) in [4.78, 5) is 36.6. The Morgan fingerprint density at radius 1 is 0.865 bits per heavy atom. The van der Waals surface area contributed by atoms with Gasteiger partial charge >= 0.3 is 6.16 Å². The number of rotatable bonds is 11. The number of benzene rings is 3.